The molecule has 0 aliphatic carbocycles. The van der Waals surface area contributed by atoms with Crippen LogP contribution in [0.3, 0.4) is 0 Å². The molecule has 0 radical (unpaired) electrons. The molecule has 0 saturated heterocycles. The Morgan fingerprint density at radius 3 is 2.47 bits per heavy atom. The molecule has 1 N–H and O–H groups in total. The lowest BCUT2D eigenvalue weighted by molar-refractivity contribution is -0.137. The van der Waals surface area contributed by atoms with E-state index in [1.807, 2.05) is 25.6 Å². The second-order valence-electron chi connectivity index (χ2n) is 7.65. The molecule has 0 unspecified atom stereocenters. The maximum atomic E-state index is 12.8. The highest BCUT2D eigenvalue weighted by molar-refractivity contribution is 5.56. The minimum absolute atomic E-state index is 0.251. The van der Waals surface area contributed by atoms with Crippen LogP contribution in [0.1, 0.15) is 33.8 Å². The van der Waals surface area contributed by atoms with Gasteiger partial charge in [0.2, 0.25) is 0 Å². The lowest BCUT2D eigenvalue weighted by Crippen LogP contribution is -2.35. The monoisotopic (exact) mass is 417 g/mol. The van der Waals surface area contributed by atoms with Gasteiger partial charge in [-0.2, -0.15) is 18.3 Å². The molecule has 2 aromatic heterocycles. The first kappa shape index (κ1) is 20.3. The fraction of sp³-hybridized carbons (Fsp3) is 0.381. The number of fused-ring (bicyclic) bond motifs is 1. The molecule has 1 aliphatic heterocycles. The Morgan fingerprint density at radius 1 is 1.17 bits per heavy atom. The van der Waals surface area contributed by atoms with Gasteiger partial charge in [0.25, 0.3) is 5.56 Å². The number of halogens is 3. The molecule has 3 aromatic rings. The van der Waals surface area contributed by atoms with E-state index in [1.54, 1.807) is 0 Å². The Labute approximate surface area is 171 Å². The van der Waals surface area contributed by atoms with Gasteiger partial charge in [-0.25, -0.2) is 4.98 Å². The summed E-state index contributed by atoms with van der Waals surface area (Å²) in [6.07, 6.45) is -3.80. The van der Waals surface area contributed by atoms with Gasteiger partial charge in [-0.1, -0.05) is 12.1 Å². The van der Waals surface area contributed by atoms with Gasteiger partial charge in [0.15, 0.2) is 0 Å². The van der Waals surface area contributed by atoms with E-state index < -0.39 is 11.7 Å². The normalized spacial score (nSPS) is 14.7. The second-order valence-corrected chi connectivity index (χ2v) is 7.65. The summed E-state index contributed by atoms with van der Waals surface area (Å²) in [7, 11) is 1.91. The highest BCUT2D eigenvalue weighted by Crippen LogP contribution is 2.30. The standard InChI is InChI=1S/C21H22F3N5O/c1-12-16(13(2)28(3)27-12)10-29-9-8-18-17(11-29)20(30)26-19(25-18)14-4-6-15(7-5-14)21(22,23)24/h4-7H,8-11H2,1-3H3,(H,25,26,30). The molecule has 0 fully saturated rings. The van der Waals surface area contributed by atoms with Crippen LogP contribution in [0.2, 0.25) is 0 Å². The number of rotatable bonds is 3. The number of nitrogens with zero attached hydrogens (tertiary/aromatic N) is 4. The smallest absolute Gasteiger partial charge is 0.306 e. The lowest BCUT2D eigenvalue weighted by atomic mass is 10.0. The van der Waals surface area contributed by atoms with Crippen molar-refractivity contribution in [3.63, 3.8) is 0 Å². The van der Waals surface area contributed by atoms with Crippen LogP contribution in [0.4, 0.5) is 13.2 Å². The summed E-state index contributed by atoms with van der Waals surface area (Å²) in [6.45, 7) is 5.91. The number of hydrogen-bond donors (Lipinski definition) is 1. The van der Waals surface area contributed by atoms with Crippen LogP contribution < -0.4 is 5.56 Å². The molecule has 30 heavy (non-hydrogen) atoms. The van der Waals surface area contributed by atoms with E-state index in [9.17, 15) is 18.0 Å². The van der Waals surface area contributed by atoms with Gasteiger partial charge >= 0.3 is 6.18 Å². The molecular weight excluding hydrogens is 395 g/mol. The third-order valence-electron chi connectivity index (χ3n) is 5.67. The Morgan fingerprint density at radius 2 is 1.87 bits per heavy atom. The first-order valence-electron chi connectivity index (χ1n) is 9.64. The third kappa shape index (κ3) is 3.77. The fourth-order valence-electron chi connectivity index (χ4n) is 3.84. The van der Waals surface area contributed by atoms with Crippen molar-refractivity contribution in [2.24, 2.45) is 7.05 Å². The zero-order valence-electron chi connectivity index (χ0n) is 17.0. The number of H-pyrrole nitrogens is 1. The largest absolute Gasteiger partial charge is 0.416 e. The SMILES string of the molecule is Cc1nn(C)c(C)c1CN1CCc2nc(-c3ccc(C(F)(F)F)cc3)[nH]c(=O)c2C1. The number of alkyl halides is 3. The summed E-state index contributed by atoms with van der Waals surface area (Å²) < 4.78 is 40.2. The zero-order chi connectivity index (χ0) is 21.6. The lowest BCUT2D eigenvalue weighted by Gasteiger charge is -2.27. The van der Waals surface area contributed by atoms with Gasteiger partial charge in [0.1, 0.15) is 5.82 Å². The quantitative estimate of drug-likeness (QED) is 0.710. The van der Waals surface area contributed by atoms with Crippen molar-refractivity contribution in [1.82, 2.24) is 24.6 Å². The van der Waals surface area contributed by atoms with Crippen molar-refractivity contribution in [3.8, 4) is 11.4 Å². The van der Waals surface area contributed by atoms with Crippen LogP contribution in [0, 0.1) is 13.8 Å². The number of aryl methyl sites for hydroxylation is 2. The Balaban J connectivity index is 1.58. The molecule has 0 atom stereocenters. The summed E-state index contributed by atoms with van der Waals surface area (Å²) in [4.78, 5) is 22.2. The molecular formula is C21H22F3N5O. The topological polar surface area (TPSA) is 66.8 Å². The van der Waals surface area contributed by atoms with Crippen molar-refractivity contribution >= 4 is 0 Å². The molecule has 0 bridgehead atoms. The summed E-state index contributed by atoms with van der Waals surface area (Å²) >= 11 is 0. The maximum absolute atomic E-state index is 12.8. The van der Waals surface area contributed by atoms with Gasteiger partial charge in [0, 0.05) is 49.9 Å². The van der Waals surface area contributed by atoms with Gasteiger partial charge in [-0.15, -0.1) is 0 Å². The van der Waals surface area contributed by atoms with E-state index in [2.05, 4.69) is 20.0 Å². The van der Waals surface area contributed by atoms with E-state index in [4.69, 9.17) is 0 Å². The zero-order valence-corrected chi connectivity index (χ0v) is 17.0. The van der Waals surface area contributed by atoms with Crippen molar-refractivity contribution in [1.29, 1.82) is 0 Å². The van der Waals surface area contributed by atoms with Gasteiger partial charge in [0.05, 0.1) is 22.5 Å². The molecule has 158 valence electrons. The van der Waals surface area contributed by atoms with Gasteiger partial charge in [-0.05, 0) is 26.0 Å². The first-order valence-corrected chi connectivity index (χ1v) is 9.64. The van der Waals surface area contributed by atoms with Crippen LogP contribution >= 0.6 is 0 Å². The number of nitrogens with one attached hydrogen (secondary N) is 1. The minimum Gasteiger partial charge on any atom is -0.306 e. The van der Waals surface area contributed by atoms with E-state index in [-0.39, 0.29) is 5.56 Å². The molecule has 1 aromatic carbocycles. The molecule has 0 amide bonds. The Bertz CT molecular complexity index is 1150. The number of aromatic amines is 1. The van der Waals surface area contributed by atoms with E-state index >= 15 is 0 Å². The van der Waals surface area contributed by atoms with Crippen LogP contribution in [0.25, 0.3) is 11.4 Å². The average Bonchev–Trinajstić information content (AvgIpc) is 2.94. The van der Waals surface area contributed by atoms with E-state index in [0.717, 1.165) is 35.6 Å². The summed E-state index contributed by atoms with van der Waals surface area (Å²) in [5.41, 5.74) is 4.01. The fourth-order valence-corrected chi connectivity index (χ4v) is 3.84. The molecule has 6 nitrogen and oxygen atoms in total. The van der Waals surface area contributed by atoms with Crippen LogP contribution in [0.5, 0.6) is 0 Å². The third-order valence-corrected chi connectivity index (χ3v) is 5.67. The van der Waals surface area contributed by atoms with Crippen molar-refractivity contribution in [3.05, 3.63) is 68.4 Å². The Hall–Kier alpha value is -2.94. The minimum atomic E-state index is -4.40. The second kappa shape index (κ2) is 7.39. The van der Waals surface area contributed by atoms with Gasteiger partial charge in [-0.3, -0.25) is 14.4 Å². The van der Waals surface area contributed by atoms with Crippen LogP contribution in [-0.4, -0.2) is 31.2 Å². The van der Waals surface area contributed by atoms with Crippen LogP contribution in [-0.2, 0) is 32.7 Å². The highest BCUT2D eigenvalue weighted by Gasteiger charge is 2.30. The molecule has 1 aliphatic rings. The van der Waals surface area contributed by atoms with Crippen molar-refractivity contribution in [2.75, 3.05) is 6.54 Å². The van der Waals surface area contributed by atoms with Crippen molar-refractivity contribution < 1.29 is 13.2 Å². The Kier molecular flexibility index (Phi) is 5.01. The highest BCUT2D eigenvalue weighted by atomic mass is 19.4. The average molecular weight is 417 g/mol. The predicted molar refractivity (Wildman–Crippen MR) is 106 cm³/mol. The molecule has 3 heterocycles. The first-order chi connectivity index (χ1) is 14.1. The van der Waals surface area contributed by atoms with E-state index in [0.29, 0.717) is 42.2 Å². The van der Waals surface area contributed by atoms with E-state index in [1.165, 1.54) is 12.1 Å². The van der Waals surface area contributed by atoms with Crippen molar-refractivity contribution in [2.45, 2.75) is 39.5 Å². The number of aromatic nitrogens is 4. The summed E-state index contributed by atoms with van der Waals surface area (Å²) in [6, 6.07) is 4.65. The predicted octanol–water partition coefficient (Wildman–Crippen LogP) is 3.36. The maximum Gasteiger partial charge on any atom is 0.416 e. The van der Waals surface area contributed by atoms with Crippen LogP contribution in [0.15, 0.2) is 29.1 Å². The molecule has 0 saturated carbocycles. The summed E-state index contributed by atoms with van der Waals surface area (Å²) in [5.74, 6) is 0.292. The summed E-state index contributed by atoms with van der Waals surface area (Å²) in [5, 5.41) is 4.44. The number of benzene rings is 1. The number of hydrogen-bond acceptors (Lipinski definition) is 4. The molecule has 0 spiro atoms. The van der Waals surface area contributed by atoms with Gasteiger partial charge < -0.3 is 4.98 Å². The molecule has 4 rings (SSSR count). The molecule has 9 heteroatoms.